The molecule has 0 aliphatic carbocycles. The molecule has 0 spiro atoms. The average molecular weight is 449 g/mol. The maximum Gasteiger partial charge on any atom is 0.335 e. The third kappa shape index (κ3) is 27.0. The SMILES string of the molecule is C=COC(=O)C=CCCCCCCCCCCCCCCCCCCCCCCCCC. The molecule has 32 heavy (non-hydrogen) atoms. The van der Waals surface area contributed by atoms with Crippen LogP contribution in [0.15, 0.2) is 25.0 Å². The van der Waals surface area contributed by atoms with Crippen LogP contribution in [-0.2, 0) is 9.53 Å². The predicted octanol–water partition coefficient (Wildman–Crippen LogP) is 10.6. The summed E-state index contributed by atoms with van der Waals surface area (Å²) >= 11 is 0. The van der Waals surface area contributed by atoms with Gasteiger partial charge in [0, 0.05) is 6.08 Å². The number of hydrogen-bond donors (Lipinski definition) is 0. The van der Waals surface area contributed by atoms with Crippen LogP contribution in [0.3, 0.4) is 0 Å². The molecule has 0 bridgehead atoms. The predicted molar refractivity (Wildman–Crippen MR) is 142 cm³/mol. The van der Waals surface area contributed by atoms with Crippen LogP contribution in [0.5, 0.6) is 0 Å². The van der Waals surface area contributed by atoms with Gasteiger partial charge in [-0.15, -0.1) is 0 Å². The van der Waals surface area contributed by atoms with Gasteiger partial charge in [-0.2, -0.15) is 0 Å². The molecule has 0 aliphatic rings. The van der Waals surface area contributed by atoms with Crippen LogP contribution >= 0.6 is 0 Å². The molecule has 0 aromatic rings. The maximum atomic E-state index is 11.1. The minimum atomic E-state index is -0.325. The maximum absolute atomic E-state index is 11.1. The highest BCUT2D eigenvalue weighted by Gasteiger charge is 1.96. The van der Waals surface area contributed by atoms with Gasteiger partial charge in [-0.3, -0.25) is 0 Å². The van der Waals surface area contributed by atoms with E-state index in [4.69, 9.17) is 0 Å². The van der Waals surface area contributed by atoms with Crippen LogP contribution < -0.4 is 0 Å². The van der Waals surface area contributed by atoms with Gasteiger partial charge in [0.15, 0.2) is 0 Å². The third-order valence-corrected chi connectivity index (χ3v) is 6.43. The van der Waals surface area contributed by atoms with Crippen molar-refractivity contribution in [3.63, 3.8) is 0 Å². The molecule has 0 aromatic heterocycles. The highest BCUT2D eigenvalue weighted by atomic mass is 16.5. The van der Waals surface area contributed by atoms with Crippen molar-refractivity contribution < 1.29 is 9.53 Å². The number of hydrogen-bond acceptors (Lipinski definition) is 2. The Morgan fingerprint density at radius 3 is 1.19 bits per heavy atom. The summed E-state index contributed by atoms with van der Waals surface area (Å²) in [7, 11) is 0. The first-order valence-electron chi connectivity index (χ1n) is 14.3. The van der Waals surface area contributed by atoms with Gasteiger partial charge in [-0.05, 0) is 12.8 Å². The van der Waals surface area contributed by atoms with Crippen LogP contribution in [0.4, 0.5) is 0 Å². The fraction of sp³-hybridized carbons (Fsp3) is 0.833. The van der Waals surface area contributed by atoms with Gasteiger partial charge in [-0.1, -0.05) is 161 Å². The van der Waals surface area contributed by atoms with E-state index in [1.807, 2.05) is 6.08 Å². The van der Waals surface area contributed by atoms with Crippen LogP contribution in [0, 0.1) is 0 Å². The van der Waals surface area contributed by atoms with Crippen molar-refractivity contribution in [2.75, 3.05) is 0 Å². The smallest absolute Gasteiger partial charge is 0.335 e. The zero-order valence-corrected chi connectivity index (χ0v) is 21.7. The first-order chi connectivity index (χ1) is 15.8. The lowest BCUT2D eigenvalue weighted by molar-refractivity contribution is -0.132. The fourth-order valence-electron chi connectivity index (χ4n) is 4.35. The molecule has 0 amide bonds. The summed E-state index contributed by atoms with van der Waals surface area (Å²) in [5, 5.41) is 0. The summed E-state index contributed by atoms with van der Waals surface area (Å²) in [5.41, 5.74) is 0. The van der Waals surface area contributed by atoms with E-state index in [9.17, 15) is 4.79 Å². The molecule has 0 rings (SSSR count). The lowest BCUT2D eigenvalue weighted by Crippen LogP contribution is -1.92. The Bertz CT molecular complexity index is 413. The van der Waals surface area contributed by atoms with Gasteiger partial charge >= 0.3 is 5.97 Å². The number of carbonyl (C=O) groups is 1. The molecule has 0 aromatic carbocycles. The molecular formula is C30H56O2. The van der Waals surface area contributed by atoms with E-state index in [0.717, 1.165) is 12.8 Å². The largest absolute Gasteiger partial charge is 0.432 e. The highest BCUT2D eigenvalue weighted by molar-refractivity contribution is 5.82. The number of unbranched alkanes of at least 4 members (excludes halogenated alkanes) is 23. The summed E-state index contributed by atoms with van der Waals surface area (Å²) < 4.78 is 4.63. The highest BCUT2D eigenvalue weighted by Crippen LogP contribution is 2.15. The van der Waals surface area contributed by atoms with Crippen molar-refractivity contribution in [2.45, 2.75) is 161 Å². The van der Waals surface area contributed by atoms with Crippen molar-refractivity contribution in [3.05, 3.63) is 25.0 Å². The second-order valence-electron chi connectivity index (χ2n) is 9.57. The van der Waals surface area contributed by atoms with E-state index in [1.54, 1.807) is 0 Å². The van der Waals surface area contributed by atoms with E-state index in [-0.39, 0.29) is 5.97 Å². The number of ether oxygens (including phenoxy) is 1. The monoisotopic (exact) mass is 448 g/mol. The zero-order chi connectivity index (χ0) is 23.4. The second-order valence-corrected chi connectivity index (χ2v) is 9.57. The number of esters is 1. The zero-order valence-electron chi connectivity index (χ0n) is 21.7. The van der Waals surface area contributed by atoms with Gasteiger partial charge in [-0.25, -0.2) is 4.79 Å². The Kier molecular flexibility index (Phi) is 27.1. The summed E-state index contributed by atoms with van der Waals surface area (Å²) in [6.07, 6.45) is 38.1. The van der Waals surface area contributed by atoms with Crippen LogP contribution in [-0.4, -0.2) is 5.97 Å². The normalized spacial score (nSPS) is 11.3. The topological polar surface area (TPSA) is 26.3 Å². The van der Waals surface area contributed by atoms with Crippen molar-refractivity contribution in [3.8, 4) is 0 Å². The van der Waals surface area contributed by atoms with Gasteiger partial charge in [0.1, 0.15) is 0 Å². The Hall–Kier alpha value is -1.05. The second kappa shape index (κ2) is 28.0. The molecule has 0 radical (unpaired) electrons. The average Bonchev–Trinajstić information content (AvgIpc) is 2.79. The number of rotatable bonds is 26. The van der Waals surface area contributed by atoms with E-state index in [0.29, 0.717) is 0 Å². The third-order valence-electron chi connectivity index (χ3n) is 6.43. The molecule has 0 heterocycles. The van der Waals surface area contributed by atoms with Crippen molar-refractivity contribution in [2.24, 2.45) is 0 Å². The van der Waals surface area contributed by atoms with Crippen LogP contribution in [0.2, 0.25) is 0 Å². The molecule has 0 saturated carbocycles. The minimum absolute atomic E-state index is 0.325. The lowest BCUT2D eigenvalue weighted by Gasteiger charge is -2.04. The molecule has 188 valence electrons. The summed E-state index contributed by atoms with van der Waals surface area (Å²) in [6.45, 7) is 5.66. The number of allylic oxidation sites excluding steroid dienone is 1. The minimum Gasteiger partial charge on any atom is -0.432 e. The van der Waals surface area contributed by atoms with E-state index in [2.05, 4.69) is 18.2 Å². The molecule has 0 aliphatic heterocycles. The van der Waals surface area contributed by atoms with Crippen molar-refractivity contribution in [1.29, 1.82) is 0 Å². The molecule has 0 fully saturated rings. The van der Waals surface area contributed by atoms with Gasteiger partial charge in [0.25, 0.3) is 0 Å². The first kappa shape index (κ1) is 30.9. The Morgan fingerprint density at radius 1 is 0.562 bits per heavy atom. The Morgan fingerprint density at radius 2 is 0.875 bits per heavy atom. The standard InChI is InChI=1S/C30H56O2/c1-3-5-6-7-8-9-10-11-12-13-14-15-16-17-18-19-20-21-22-23-24-25-26-27-28-29-30(31)32-4-2/h4,28-29H,2-3,5-27H2,1H3. The molecule has 0 unspecified atom stereocenters. The van der Waals surface area contributed by atoms with E-state index < -0.39 is 0 Å². The molecular weight excluding hydrogens is 392 g/mol. The summed E-state index contributed by atoms with van der Waals surface area (Å²) in [4.78, 5) is 11.1. The molecule has 0 N–H and O–H groups in total. The molecule has 0 saturated heterocycles. The quantitative estimate of drug-likeness (QED) is 0.0569. The van der Waals surface area contributed by atoms with Crippen LogP contribution in [0.25, 0.3) is 0 Å². The number of carbonyl (C=O) groups excluding carboxylic acids is 1. The molecule has 2 nitrogen and oxygen atoms in total. The van der Waals surface area contributed by atoms with Crippen molar-refractivity contribution >= 4 is 5.97 Å². The fourth-order valence-corrected chi connectivity index (χ4v) is 4.35. The Balaban J connectivity index is 3.08. The van der Waals surface area contributed by atoms with Crippen molar-refractivity contribution in [1.82, 2.24) is 0 Å². The van der Waals surface area contributed by atoms with E-state index >= 15 is 0 Å². The Labute approximate surface area is 201 Å². The van der Waals surface area contributed by atoms with Crippen LogP contribution in [0.1, 0.15) is 161 Å². The van der Waals surface area contributed by atoms with Gasteiger partial charge in [0.05, 0.1) is 6.26 Å². The summed E-state index contributed by atoms with van der Waals surface area (Å²) in [6, 6.07) is 0. The van der Waals surface area contributed by atoms with Gasteiger partial charge < -0.3 is 4.74 Å². The summed E-state index contributed by atoms with van der Waals surface area (Å²) in [5.74, 6) is -0.325. The molecule has 0 atom stereocenters. The van der Waals surface area contributed by atoms with Gasteiger partial charge in [0.2, 0.25) is 0 Å². The van der Waals surface area contributed by atoms with E-state index in [1.165, 1.54) is 154 Å². The molecule has 2 heteroatoms. The first-order valence-corrected chi connectivity index (χ1v) is 14.3. The lowest BCUT2D eigenvalue weighted by atomic mass is 10.0.